The number of nitrogens with one attached hydrogen (secondary N) is 1. The summed E-state index contributed by atoms with van der Waals surface area (Å²) in [7, 11) is 1.36. The Kier molecular flexibility index (Phi) is 6.04. The van der Waals surface area contributed by atoms with Gasteiger partial charge >= 0.3 is 5.97 Å². The SMILES string of the molecule is COC(=O)c1ccc(CCNC(=O)Cc2c(C)nc3ccccc3c2C)cc1. The van der Waals surface area contributed by atoms with Gasteiger partial charge in [0.05, 0.1) is 24.6 Å². The third kappa shape index (κ3) is 4.36. The standard InChI is InChI=1S/C23H24N2O3/c1-15-19-6-4-5-7-21(19)25-16(2)20(15)14-22(26)24-13-12-17-8-10-18(11-9-17)23(27)28-3/h4-11H,12-14H2,1-3H3,(H,24,26). The number of aromatic nitrogens is 1. The fraction of sp³-hybridized carbons (Fsp3) is 0.261. The number of methoxy groups -OCH3 is 1. The van der Waals surface area contributed by atoms with Crippen LogP contribution in [0.1, 0.15) is 32.7 Å². The highest BCUT2D eigenvalue weighted by atomic mass is 16.5. The quantitative estimate of drug-likeness (QED) is 0.668. The summed E-state index contributed by atoms with van der Waals surface area (Å²) in [6.07, 6.45) is 1.01. The number of nitrogens with zero attached hydrogens (tertiary/aromatic N) is 1. The fourth-order valence-electron chi connectivity index (χ4n) is 3.33. The van der Waals surface area contributed by atoms with Gasteiger partial charge in [0.25, 0.3) is 0 Å². The molecule has 0 saturated carbocycles. The van der Waals surface area contributed by atoms with Crippen LogP contribution in [0.2, 0.25) is 0 Å². The lowest BCUT2D eigenvalue weighted by Gasteiger charge is -2.13. The molecule has 1 heterocycles. The molecule has 5 heteroatoms. The van der Waals surface area contributed by atoms with Gasteiger partial charge in [0, 0.05) is 17.6 Å². The van der Waals surface area contributed by atoms with Gasteiger partial charge in [-0.05, 0) is 55.2 Å². The Morgan fingerprint density at radius 3 is 2.46 bits per heavy atom. The molecule has 5 nitrogen and oxygen atoms in total. The Hall–Kier alpha value is -3.21. The third-order valence-electron chi connectivity index (χ3n) is 4.93. The van der Waals surface area contributed by atoms with Crippen molar-refractivity contribution in [2.75, 3.05) is 13.7 Å². The molecule has 0 saturated heterocycles. The molecule has 0 aliphatic rings. The predicted octanol–water partition coefficient (Wildman–Crippen LogP) is 3.54. The first-order valence-electron chi connectivity index (χ1n) is 9.28. The van der Waals surface area contributed by atoms with Gasteiger partial charge in [0.1, 0.15) is 0 Å². The van der Waals surface area contributed by atoms with Crippen LogP contribution in [0.25, 0.3) is 10.9 Å². The van der Waals surface area contributed by atoms with Gasteiger partial charge < -0.3 is 10.1 Å². The van der Waals surface area contributed by atoms with Crippen molar-refractivity contribution in [2.24, 2.45) is 0 Å². The second kappa shape index (κ2) is 8.65. The van der Waals surface area contributed by atoms with E-state index < -0.39 is 0 Å². The van der Waals surface area contributed by atoms with Crippen molar-refractivity contribution in [1.29, 1.82) is 0 Å². The number of para-hydroxylation sites is 1. The van der Waals surface area contributed by atoms with E-state index in [1.54, 1.807) is 12.1 Å². The van der Waals surface area contributed by atoms with E-state index in [-0.39, 0.29) is 11.9 Å². The molecule has 0 radical (unpaired) electrons. The Balaban J connectivity index is 1.59. The lowest BCUT2D eigenvalue weighted by Crippen LogP contribution is -2.28. The minimum atomic E-state index is -0.352. The summed E-state index contributed by atoms with van der Waals surface area (Å²) in [6, 6.07) is 15.2. The van der Waals surface area contributed by atoms with Crippen LogP contribution in [0.5, 0.6) is 0 Å². The topological polar surface area (TPSA) is 68.3 Å². The van der Waals surface area contributed by atoms with Crippen LogP contribution in [0, 0.1) is 13.8 Å². The fourth-order valence-corrected chi connectivity index (χ4v) is 3.33. The van der Waals surface area contributed by atoms with Crippen LogP contribution >= 0.6 is 0 Å². The van der Waals surface area contributed by atoms with Crippen molar-refractivity contribution in [3.8, 4) is 0 Å². The van der Waals surface area contributed by atoms with Gasteiger partial charge in [-0.3, -0.25) is 9.78 Å². The van der Waals surface area contributed by atoms with Crippen LogP contribution in [0.3, 0.4) is 0 Å². The van der Waals surface area contributed by atoms with Crippen LogP contribution < -0.4 is 5.32 Å². The average Bonchev–Trinajstić information content (AvgIpc) is 2.71. The van der Waals surface area contributed by atoms with Crippen molar-refractivity contribution in [2.45, 2.75) is 26.7 Å². The zero-order valence-electron chi connectivity index (χ0n) is 16.4. The monoisotopic (exact) mass is 376 g/mol. The number of rotatable bonds is 6. The molecule has 0 aliphatic carbocycles. The number of ether oxygens (including phenoxy) is 1. The van der Waals surface area contributed by atoms with Crippen LogP contribution in [-0.4, -0.2) is 30.5 Å². The maximum Gasteiger partial charge on any atom is 0.337 e. The highest BCUT2D eigenvalue weighted by molar-refractivity contribution is 5.89. The first-order chi connectivity index (χ1) is 13.5. The van der Waals surface area contributed by atoms with Crippen LogP contribution in [0.15, 0.2) is 48.5 Å². The van der Waals surface area contributed by atoms with E-state index in [9.17, 15) is 9.59 Å². The lowest BCUT2D eigenvalue weighted by molar-refractivity contribution is -0.120. The summed E-state index contributed by atoms with van der Waals surface area (Å²) in [5, 5.41) is 4.06. The summed E-state index contributed by atoms with van der Waals surface area (Å²) in [4.78, 5) is 28.5. The molecule has 3 rings (SSSR count). The Morgan fingerprint density at radius 1 is 1.04 bits per heavy atom. The van der Waals surface area contributed by atoms with E-state index in [1.165, 1.54) is 7.11 Å². The number of pyridine rings is 1. The third-order valence-corrected chi connectivity index (χ3v) is 4.93. The van der Waals surface area contributed by atoms with E-state index in [4.69, 9.17) is 4.74 Å². The molecule has 2 aromatic carbocycles. The Morgan fingerprint density at radius 2 is 1.75 bits per heavy atom. The van der Waals surface area contributed by atoms with Crippen molar-refractivity contribution in [3.63, 3.8) is 0 Å². The molecule has 1 amide bonds. The summed E-state index contributed by atoms with van der Waals surface area (Å²) >= 11 is 0. The summed E-state index contributed by atoms with van der Waals surface area (Å²) in [5.41, 5.74) is 5.51. The summed E-state index contributed by atoms with van der Waals surface area (Å²) < 4.78 is 4.69. The highest BCUT2D eigenvalue weighted by Gasteiger charge is 2.13. The van der Waals surface area contributed by atoms with E-state index in [1.807, 2.05) is 50.2 Å². The lowest BCUT2D eigenvalue weighted by atomic mass is 9.99. The number of esters is 1. The Bertz CT molecular complexity index is 1010. The largest absolute Gasteiger partial charge is 0.465 e. The molecule has 0 atom stereocenters. The number of aryl methyl sites for hydroxylation is 2. The molecular weight excluding hydrogens is 352 g/mol. The number of carbonyl (C=O) groups excluding carboxylic acids is 2. The molecule has 1 aromatic heterocycles. The molecule has 28 heavy (non-hydrogen) atoms. The molecule has 3 aromatic rings. The zero-order valence-corrected chi connectivity index (χ0v) is 16.4. The maximum atomic E-state index is 12.4. The number of fused-ring (bicyclic) bond motifs is 1. The van der Waals surface area contributed by atoms with Gasteiger partial charge in [-0.15, -0.1) is 0 Å². The Labute approximate surface area is 164 Å². The minimum Gasteiger partial charge on any atom is -0.465 e. The molecule has 0 unspecified atom stereocenters. The molecule has 1 N–H and O–H groups in total. The summed E-state index contributed by atoms with van der Waals surface area (Å²) in [5.74, 6) is -0.371. The normalized spacial score (nSPS) is 10.7. The van der Waals surface area contributed by atoms with Crippen LogP contribution in [-0.2, 0) is 22.4 Å². The molecule has 144 valence electrons. The van der Waals surface area contributed by atoms with E-state index in [0.29, 0.717) is 24.9 Å². The number of hydrogen-bond donors (Lipinski definition) is 1. The molecular formula is C23H24N2O3. The molecule has 0 fully saturated rings. The maximum absolute atomic E-state index is 12.4. The summed E-state index contributed by atoms with van der Waals surface area (Å²) in [6.45, 7) is 4.53. The van der Waals surface area contributed by atoms with E-state index in [0.717, 1.165) is 33.3 Å². The van der Waals surface area contributed by atoms with Gasteiger partial charge in [-0.1, -0.05) is 30.3 Å². The number of benzene rings is 2. The van der Waals surface area contributed by atoms with Crippen molar-refractivity contribution >= 4 is 22.8 Å². The molecule has 0 spiro atoms. The number of hydrogen-bond acceptors (Lipinski definition) is 4. The second-order valence-electron chi connectivity index (χ2n) is 6.78. The van der Waals surface area contributed by atoms with Gasteiger partial charge in [0.15, 0.2) is 0 Å². The highest BCUT2D eigenvalue weighted by Crippen LogP contribution is 2.22. The van der Waals surface area contributed by atoms with Gasteiger partial charge in [-0.2, -0.15) is 0 Å². The first kappa shape index (κ1) is 19.5. The number of carbonyl (C=O) groups is 2. The molecule has 0 bridgehead atoms. The van der Waals surface area contributed by atoms with Crippen molar-refractivity contribution < 1.29 is 14.3 Å². The second-order valence-corrected chi connectivity index (χ2v) is 6.78. The smallest absolute Gasteiger partial charge is 0.337 e. The van der Waals surface area contributed by atoms with E-state index in [2.05, 4.69) is 10.3 Å². The van der Waals surface area contributed by atoms with Crippen molar-refractivity contribution in [3.05, 3.63) is 76.5 Å². The zero-order chi connectivity index (χ0) is 20.1. The minimum absolute atomic E-state index is 0.0190. The van der Waals surface area contributed by atoms with Gasteiger partial charge in [0.2, 0.25) is 5.91 Å². The van der Waals surface area contributed by atoms with Gasteiger partial charge in [-0.25, -0.2) is 4.79 Å². The van der Waals surface area contributed by atoms with Crippen molar-refractivity contribution in [1.82, 2.24) is 10.3 Å². The van der Waals surface area contributed by atoms with Crippen LogP contribution in [0.4, 0.5) is 0 Å². The predicted molar refractivity (Wildman–Crippen MR) is 109 cm³/mol. The number of amides is 1. The van der Waals surface area contributed by atoms with E-state index >= 15 is 0 Å². The molecule has 0 aliphatic heterocycles. The first-order valence-corrected chi connectivity index (χ1v) is 9.28. The average molecular weight is 376 g/mol.